The number of amides is 3. The average molecular weight is 481 g/mol. The van der Waals surface area contributed by atoms with Gasteiger partial charge in [0.25, 0.3) is 5.91 Å². The van der Waals surface area contributed by atoms with E-state index in [2.05, 4.69) is 0 Å². The van der Waals surface area contributed by atoms with E-state index in [-0.39, 0.29) is 24.6 Å². The lowest BCUT2D eigenvalue weighted by atomic mass is 9.98. The molecule has 1 fully saturated rings. The van der Waals surface area contributed by atoms with E-state index in [0.717, 1.165) is 11.3 Å². The summed E-state index contributed by atoms with van der Waals surface area (Å²) in [5, 5.41) is 0. The third-order valence-electron chi connectivity index (χ3n) is 6.47. The third kappa shape index (κ3) is 4.50. The second kappa shape index (κ2) is 9.74. The second-order valence-corrected chi connectivity index (χ2v) is 9.28. The minimum Gasteiger partial charge on any atom is -0.486 e. The van der Waals surface area contributed by atoms with Gasteiger partial charge in [-0.15, -0.1) is 0 Å². The maximum absolute atomic E-state index is 13.8. The summed E-state index contributed by atoms with van der Waals surface area (Å²) in [5.74, 6) is 1.53. The molecule has 5 rings (SSSR count). The van der Waals surface area contributed by atoms with E-state index < -0.39 is 5.54 Å². The van der Waals surface area contributed by atoms with Gasteiger partial charge in [0.05, 0.1) is 5.69 Å². The van der Waals surface area contributed by atoms with E-state index in [1.54, 1.807) is 36.9 Å². The maximum atomic E-state index is 13.8. The average Bonchev–Trinajstić information content (AvgIpc) is 3.06. The van der Waals surface area contributed by atoms with Crippen LogP contribution in [0.25, 0.3) is 0 Å². The fourth-order valence-corrected chi connectivity index (χ4v) is 4.43. The van der Waals surface area contributed by atoms with Crippen molar-refractivity contribution in [2.45, 2.75) is 31.9 Å². The minimum absolute atomic E-state index is 0.223. The molecule has 36 heavy (non-hydrogen) atoms. The van der Waals surface area contributed by atoms with Crippen LogP contribution in [0.4, 0.5) is 10.5 Å². The summed E-state index contributed by atoms with van der Waals surface area (Å²) in [4.78, 5) is 30.2. The van der Waals surface area contributed by atoms with Crippen LogP contribution >= 0.6 is 0 Å². The molecule has 0 spiro atoms. The number of carbonyl (C=O) groups excluding carboxylic acids is 2. The van der Waals surface area contributed by atoms with E-state index >= 15 is 0 Å². The number of urea groups is 1. The van der Waals surface area contributed by atoms with Gasteiger partial charge in [-0.1, -0.05) is 66.8 Å². The zero-order chi connectivity index (χ0) is 25.1. The molecule has 182 valence electrons. The molecule has 0 bridgehead atoms. The Labute approximate surface area is 211 Å². The molecule has 6 heteroatoms. The molecule has 3 amide bonds. The Bertz CT molecular complexity index is 1320. The maximum Gasteiger partial charge on any atom is 0.332 e. The Kier molecular flexibility index (Phi) is 6.34. The van der Waals surface area contributed by atoms with Gasteiger partial charge < -0.3 is 14.4 Å². The fourth-order valence-electron chi connectivity index (χ4n) is 4.43. The molecule has 2 aliphatic rings. The molecule has 0 radical (unpaired) electrons. The number of ether oxygens (including phenoxy) is 2. The number of carbonyl (C=O) groups is 2. The zero-order valence-corrected chi connectivity index (χ0v) is 20.3. The van der Waals surface area contributed by atoms with Crippen LogP contribution in [0.2, 0.25) is 0 Å². The number of hydrogen-bond acceptors (Lipinski definition) is 4. The summed E-state index contributed by atoms with van der Waals surface area (Å²) < 4.78 is 12.3. The van der Waals surface area contributed by atoms with E-state index in [4.69, 9.17) is 9.47 Å². The van der Waals surface area contributed by atoms with E-state index in [0.29, 0.717) is 23.6 Å². The van der Waals surface area contributed by atoms with E-state index in [1.165, 1.54) is 4.90 Å². The van der Waals surface area contributed by atoms with Gasteiger partial charge in [-0.3, -0.25) is 4.79 Å². The first kappa shape index (κ1) is 23.4. The van der Waals surface area contributed by atoms with Crippen molar-refractivity contribution in [2.24, 2.45) is 0 Å². The zero-order valence-electron chi connectivity index (χ0n) is 20.3. The van der Waals surface area contributed by atoms with E-state index in [9.17, 15) is 9.59 Å². The van der Waals surface area contributed by atoms with Crippen LogP contribution in [0, 0.1) is 0 Å². The lowest BCUT2D eigenvalue weighted by Crippen LogP contribution is -2.46. The summed E-state index contributed by atoms with van der Waals surface area (Å²) in [5.41, 5.74) is 0.309. The quantitative estimate of drug-likeness (QED) is 0.369. The Morgan fingerprint density at radius 1 is 0.861 bits per heavy atom. The number of rotatable bonds is 7. The number of imide groups is 1. The number of hydrogen-bond donors (Lipinski definition) is 0. The second-order valence-electron chi connectivity index (χ2n) is 9.28. The minimum atomic E-state index is -1.05. The number of allylic oxidation sites excluding steroid dienone is 2. The Hall–Kier alpha value is -4.32. The molecular formula is C30H28N2O4. The largest absolute Gasteiger partial charge is 0.486 e. The lowest BCUT2D eigenvalue weighted by Gasteiger charge is -2.32. The Morgan fingerprint density at radius 3 is 2.22 bits per heavy atom. The van der Waals surface area contributed by atoms with Crippen LogP contribution in [-0.4, -0.2) is 35.0 Å². The lowest BCUT2D eigenvalue weighted by molar-refractivity contribution is -0.123. The molecule has 3 aromatic carbocycles. The van der Waals surface area contributed by atoms with Crippen LogP contribution in [-0.2, 0) is 4.79 Å². The Balaban J connectivity index is 1.42. The van der Waals surface area contributed by atoms with Gasteiger partial charge in [-0.05, 0) is 55.8 Å². The van der Waals surface area contributed by atoms with Crippen molar-refractivity contribution in [1.82, 2.24) is 4.90 Å². The number of nitrogens with zero attached hydrogens (tertiary/aromatic N) is 2. The summed E-state index contributed by atoms with van der Waals surface area (Å²) >= 11 is 0. The predicted octanol–water partition coefficient (Wildman–Crippen LogP) is 6.36. The number of para-hydroxylation sites is 4. The van der Waals surface area contributed by atoms with Crippen molar-refractivity contribution in [3.8, 4) is 17.2 Å². The molecule has 1 unspecified atom stereocenters. The first-order valence-electron chi connectivity index (χ1n) is 12.0. The molecule has 1 saturated heterocycles. The summed E-state index contributed by atoms with van der Waals surface area (Å²) in [6.45, 7) is 3.83. The molecule has 1 aliphatic carbocycles. The Morgan fingerprint density at radius 2 is 1.50 bits per heavy atom. The highest BCUT2D eigenvalue weighted by atomic mass is 16.5. The van der Waals surface area contributed by atoms with E-state index in [1.807, 2.05) is 85.0 Å². The summed E-state index contributed by atoms with van der Waals surface area (Å²) in [6, 6.07) is 25.6. The molecule has 0 aromatic heterocycles. The summed E-state index contributed by atoms with van der Waals surface area (Å²) in [6.07, 6.45) is 6.45. The molecule has 3 aromatic rings. The smallest absolute Gasteiger partial charge is 0.332 e. The topological polar surface area (TPSA) is 59.1 Å². The van der Waals surface area contributed by atoms with Gasteiger partial charge >= 0.3 is 6.03 Å². The standard InChI is InChI=1S/C30H28N2O4/c1-30(2)28(33)32(25-18-10-12-20-27(25)36-24-16-7-4-8-17-24)29(34)31(30)21-22-13-9-11-19-26(22)35-23-14-5-3-6-15-23/h3-18,20,26H,19,21H2,1-2H3. The van der Waals surface area contributed by atoms with Crippen molar-refractivity contribution < 1.29 is 19.1 Å². The molecule has 1 aliphatic heterocycles. The highest BCUT2D eigenvalue weighted by molar-refractivity contribution is 6.23. The van der Waals surface area contributed by atoms with Crippen LogP contribution in [0.3, 0.4) is 0 Å². The van der Waals surface area contributed by atoms with Gasteiger partial charge in [-0.2, -0.15) is 0 Å². The monoisotopic (exact) mass is 480 g/mol. The molecule has 0 saturated carbocycles. The van der Waals surface area contributed by atoms with Crippen molar-refractivity contribution in [1.29, 1.82) is 0 Å². The predicted molar refractivity (Wildman–Crippen MR) is 139 cm³/mol. The molecule has 1 heterocycles. The molecule has 1 atom stereocenters. The van der Waals surface area contributed by atoms with Gasteiger partial charge in [0.15, 0.2) is 5.75 Å². The van der Waals surface area contributed by atoms with Gasteiger partial charge in [0, 0.05) is 13.0 Å². The van der Waals surface area contributed by atoms with Crippen molar-refractivity contribution >= 4 is 17.6 Å². The van der Waals surface area contributed by atoms with Crippen LogP contribution < -0.4 is 14.4 Å². The van der Waals surface area contributed by atoms with Gasteiger partial charge in [0.1, 0.15) is 23.1 Å². The van der Waals surface area contributed by atoms with Crippen LogP contribution in [0.1, 0.15) is 20.3 Å². The molecule has 0 N–H and O–H groups in total. The third-order valence-corrected chi connectivity index (χ3v) is 6.47. The van der Waals surface area contributed by atoms with Gasteiger partial charge in [0.2, 0.25) is 0 Å². The molecular weight excluding hydrogens is 452 g/mol. The first-order valence-corrected chi connectivity index (χ1v) is 12.0. The summed E-state index contributed by atoms with van der Waals surface area (Å²) in [7, 11) is 0. The van der Waals surface area contributed by atoms with Gasteiger partial charge in [-0.25, -0.2) is 9.69 Å². The molecule has 6 nitrogen and oxygen atoms in total. The van der Waals surface area contributed by atoms with Crippen molar-refractivity contribution in [3.05, 3.63) is 109 Å². The highest BCUT2D eigenvalue weighted by Crippen LogP contribution is 2.39. The fraction of sp³-hybridized carbons (Fsp3) is 0.200. The van der Waals surface area contributed by atoms with Crippen LogP contribution in [0.15, 0.2) is 109 Å². The highest BCUT2D eigenvalue weighted by Gasteiger charge is 2.52. The normalized spacial score (nSPS) is 18.8. The van der Waals surface area contributed by atoms with Crippen molar-refractivity contribution in [2.75, 3.05) is 11.4 Å². The van der Waals surface area contributed by atoms with Crippen molar-refractivity contribution in [3.63, 3.8) is 0 Å². The number of benzene rings is 3. The van der Waals surface area contributed by atoms with Crippen LogP contribution in [0.5, 0.6) is 17.2 Å². The first-order chi connectivity index (χ1) is 17.4. The number of anilines is 1. The SMILES string of the molecule is CC1(C)C(=O)N(c2ccccc2Oc2ccccc2)C(=O)N1CC1=CC=CCC1Oc1ccccc1.